The molecule has 0 spiro atoms. The second-order valence-electron chi connectivity index (χ2n) is 8.03. The van der Waals surface area contributed by atoms with E-state index in [1.807, 2.05) is 25.1 Å². The first-order valence-electron chi connectivity index (χ1n) is 8.89. The maximum atomic E-state index is 12.2. The fourth-order valence-electron chi connectivity index (χ4n) is 3.32. The lowest BCUT2D eigenvalue weighted by Crippen LogP contribution is -2.31. The van der Waals surface area contributed by atoms with Crippen molar-refractivity contribution in [3.8, 4) is 0 Å². The number of anilines is 1. The maximum absolute atomic E-state index is 12.2. The number of ether oxygens (including phenoxy) is 1. The Hall–Kier alpha value is -1.36. The molecule has 0 atom stereocenters. The van der Waals surface area contributed by atoms with Crippen LogP contribution in [0.1, 0.15) is 52.0 Å². The zero-order valence-electron chi connectivity index (χ0n) is 15.5. The summed E-state index contributed by atoms with van der Waals surface area (Å²) in [6.45, 7) is 8.51. The molecule has 1 aromatic carbocycles. The van der Waals surface area contributed by atoms with Gasteiger partial charge in [0, 0.05) is 10.2 Å². The monoisotopic (exact) mass is 409 g/mol. The zero-order chi connectivity index (χ0) is 18.6. The van der Waals surface area contributed by atoms with Crippen molar-refractivity contribution in [2.24, 2.45) is 17.3 Å². The normalized spacial score (nSPS) is 20.8. The molecule has 4 nitrogen and oxygen atoms in total. The summed E-state index contributed by atoms with van der Waals surface area (Å²) in [7, 11) is 0. The number of nitrogens with one attached hydrogen (secondary N) is 1. The molecule has 1 aliphatic carbocycles. The number of esters is 1. The number of rotatable bonds is 4. The van der Waals surface area contributed by atoms with Crippen LogP contribution in [0.15, 0.2) is 22.7 Å². The number of hydrogen-bond acceptors (Lipinski definition) is 3. The van der Waals surface area contributed by atoms with Crippen molar-refractivity contribution < 1.29 is 14.3 Å². The van der Waals surface area contributed by atoms with E-state index < -0.39 is 0 Å². The molecule has 0 aliphatic heterocycles. The minimum absolute atomic E-state index is 0.0695. The summed E-state index contributed by atoms with van der Waals surface area (Å²) in [6, 6.07) is 5.58. The van der Waals surface area contributed by atoms with Gasteiger partial charge in [-0.25, -0.2) is 0 Å². The summed E-state index contributed by atoms with van der Waals surface area (Å²) in [5, 5.41) is 2.75. The van der Waals surface area contributed by atoms with Gasteiger partial charge in [-0.3, -0.25) is 9.59 Å². The van der Waals surface area contributed by atoms with Crippen LogP contribution in [0.3, 0.4) is 0 Å². The zero-order valence-corrected chi connectivity index (χ0v) is 17.1. The van der Waals surface area contributed by atoms with E-state index in [1.54, 1.807) is 0 Å². The van der Waals surface area contributed by atoms with Crippen molar-refractivity contribution in [1.82, 2.24) is 0 Å². The molecule has 1 aromatic rings. The van der Waals surface area contributed by atoms with E-state index in [9.17, 15) is 9.59 Å². The molecule has 0 unspecified atom stereocenters. The van der Waals surface area contributed by atoms with Crippen LogP contribution >= 0.6 is 15.9 Å². The Morgan fingerprint density at radius 1 is 1.20 bits per heavy atom. The molecule has 1 N–H and O–H groups in total. The van der Waals surface area contributed by atoms with Crippen LogP contribution in [-0.4, -0.2) is 18.5 Å². The van der Waals surface area contributed by atoms with Gasteiger partial charge in [-0.15, -0.1) is 0 Å². The van der Waals surface area contributed by atoms with E-state index in [2.05, 4.69) is 42.0 Å². The van der Waals surface area contributed by atoms with Crippen LogP contribution in [0.25, 0.3) is 0 Å². The third-order valence-corrected chi connectivity index (χ3v) is 5.94. The first-order valence-corrected chi connectivity index (χ1v) is 9.68. The predicted octanol–water partition coefficient (Wildman–Crippen LogP) is 5.09. The quantitative estimate of drug-likeness (QED) is 0.704. The second kappa shape index (κ2) is 8.35. The molecule has 0 saturated heterocycles. The molecule has 0 heterocycles. The fourth-order valence-corrected chi connectivity index (χ4v) is 3.70. The molecule has 25 heavy (non-hydrogen) atoms. The van der Waals surface area contributed by atoms with E-state index in [-0.39, 0.29) is 29.8 Å². The Morgan fingerprint density at radius 3 is 2.40 bits per heavy atom. The number of hydrogen-bond donors (Lipinski definition) is 1. The van der Waals surface area contributed by atoms with Crippen molar-refractivity contribution >= 4 is 33.5 Å². The number of halogens is 1. The fraction of sp³-hybridized carbons (Fsp3) is 0.600. The van der Waals surface area contributed by atoms with Gasteiger partial charge < -0.3 is 10.1 Å². The Labute approximate surface area is 158 Å². The van der Waals surface area contributed by atoms with Gasteiger partial charge in [0.1, 0.15) is 0 Å². The van der Waals surface area contributed by atoms with Gasteiger partial charge in [0.05, 0.1) is 5.92 Å². The number of carbonyl (C=O) groups excluding carboxylic acids is 2. The maximum Gasteiger partial charge on any atom is 0.309 e. The molecule has 138 valence electrons. The van der Waals surface area contributed by atoms with E-state index in [0.29, 0.717) is 11.6 Å². The van der Waals surface area contributed by atoms with Gasteiger partial charge in [-0.05, 0) is 61.6 Å². The molecule has 5 heteroatoms. The van der Waals surface area contributed by atoms with Gasteiger partial charge in [-0.1, -0.05) is 42.8 Å². The van der Waals surface area contributed by atoms with Crippen molar-refractivity contribution in [3.05, 3.63) is 28.2 Å². The second-order valence-corrected chi connectivity index (χ2v) is 8.89. The van der Waals surface area contributed by atoms with Crippen molar-refractivity contribution in [2.45, 2.75) is 53.4 Å². The summed E-state index contributed by atoms with van der Waals surface area (Å²) in [5.41, 5.74) is 2.07. The average Bonchev–Trinajstić information content (AvgIpc) is 2.55. The Bertz CT molecular complexity index is 628. The number of amides is 1. The van der Waals surface area contributed by atoms with Gasteiger partial charge in [0.25, 0.3) is 5.91 Å². The summed E-state index contributed by atoms with van der Waals surface area (Å²) < 4.78 is 6.16. The standard InChI is InChI=1S/C20H28BrNO3/c1-13-5-10-16(11-17(13)21)22-18(23)12-25-19(24)14-6-8-15(9-7-14)20(2,3)4/h5,10-11,14-15H,6-9,12H2,1-4H3,(H,22,23). The van der Waals surface area contributed by atoms with Crippen molar-refractivity contribution in [1.29, 1.82) is 0 Å². The molecule has 1 aliphatic rings. The summed E-state index contributed by atoms with van der Waals surface area (Å²) >= 11 is 3.43. The summed E-state index contributed by atoms with van der Waals surface area (Å²) in [6.07, 6.45) is 3.81. The minimum Gasteiger partial charge on any atom is -0.455 e. The third kappa shape index (κ3) is 5.84. The minimum atomic E-state index is -0.313. The van der Waals surface area contributed by atoms with Crippen LogP contribution in [0.2, 0.25) is 0 Å². The van der Waals surface area contributed by atoms with E-state index >= 15 is 0 Å². The lowest BCUT2D eigenvalue weighted by molar-refractivity contribution is -0.153. The summed E-state index contributed by atoms with van der Waals surface area (Å²) in [5.74, 6) is 0.0276. The van der Waals surface area contributed by atoms with Crippen molar-refractivity contribution in [3.63, 3.8) is 0 Å². The van der Waals surface area contributed by atoms with E-state index in [0.717, 1.165) is 35.7 Å². The van der Waals surface area contributed by atoms with Gasteiger partial charge in [-0.2, -0.15) is 0 Å². The van der Waals surface area contributed by atoms with E-state index in [4.69, 9.17) is 4.74 Å². The SMILES string of the molecule is Cc1ccc(NC(=O)COC(=O)C2CCC(C(C)(C)C)CC2)cc1Br. The van der Waals surface area contributed by atoms with E-state index in [1.165, 1.54) is 0 Å². The van der Waals surface area contributed by atoms with Gasteiger partial charge >= 0.3 is 5.97 Å². The average molecular weight is 410 g/mol. The molecule has 0 radical (unpaired) electrons. The molecule has 1 fully saturated rings. The van der Waals surface area contributed by atoms with Crippen LogP contribution in [0.5, 0.6) is 0 Å². The highest BCUT2D eigenvalue weighted by molar-refractivity contribution is 9.10. The van der Waals surface area contributed by atoms with Crippen LogP contribution in [0.4, 0.5) is 5.69 Å². The third-order valence-electron chi connectivity index (χ3n) is 5.09. The smallest absolute Gasteiger partial charge is 0.309 e. The molecular formula is C20H28BrNO3. The Balaban J connectivity index is 1.76. The molecule has 2 rings (SSSR count). The highest BCUT2D eigenvalue weighted by Gasteiger charge is 2.33. The number of benzene rings is 1. The topological polar surface area (TPSA) is 55.4 Å². The lowest BCUT2D eigenvalue weighted by atomic mass is 9.70. The van der Waals surface area contributed by atoms with Crippen molar-refractivity contribution in [2.75, 3.05) is 11.9 Å². The van der Waals surface area contributed by atoms with Gasteiger partial charge in [0.15, 0.2) is 6.61 Å². The first-order chi connectivity index (χ1) is 11.7. The highest BCUT2D eigenvalue weighted by Crippen LogP contribution is 2.40. The highest BCUT2D eigenvalue weighted by atomic mass is 79.9. The van der Waals surface area contributed by atoms with Crippen LogP contribution in [-0.2, 0) is 14.3 Å². The molecular weight excluding hydrogens is 382 g/mol. The van der Waals surface area contributed by atoms with Gasteiger partial charge in [0.2, 0.25) is 0 Å². The Kier molecular flexibility index (Phi) is 6.66. The number of carbonyl (C=O) groups is 2. The molecule has 1 amide bonds. The predicted molar refractivity (Wildman–Crippen MR) is 103 cm³/mol. The molecule has 0 aromatic heterocycles. The lowest BCUT2D eigenvalue weighted by Gasteiger charge is -2.36. The molecule has 0 bridgehead atoms. The Morgan fingerprint density at radius 2 is 1.84 bits per heavy atom. The first kappa shape index (κ1) is 20.0. The largest absolute Gasteiger partial charge is 0.455 e. The van der Waals surface area contributed by atoms with Crippen LogP contribution in [0, 0.1) is 24.2 Å². The molecule has 1 saturated carbocycles. The number of aryl methyl sites for hydroxylation is 1. The van der Waals surface area contributed by atoms with Crippen LogP contribution < -0.4 is 5.32 Å². The summed E-state index contributed by atoms with van der Waals surface area (Å²) in [4.78, 5) is 24.2.